The van der Waals surface area contributed by atoms with E-state index in [1.807, 2.05) is 31.4 Å². The van der Waals surface area contributed by atoms with Crippen LogP contribution in [0.1, 0.15) is 25.6 Å². The Hall–Kier alpha value is -1.36. The maximum absolute atomic E-state index is 12.3. The zero-order valence-corrected chi connectivity index (χ0v) is 11.0. The van der Waals surface area contributed by atoms with Crippen molar-refractivity contribution < 1.29 is 9.59 Å². The third-order valence-corrected chi connectivity index (χ3v) is 3.93. The van der Waals surface area contributed by atoms with Gasteiger partial charge in [0.2, 0.25) is 0 Å². The summed E-state index contributed by atoms with van der Waals surface area (Å²) in [5.41, 5.74) is -0.889. The Morgan fingerprint density at radius 2 is 2.18 bits per heavy atom. The van der Waals surface area contributed by atoms with Gasteiger partial charge in [-0.3, -0.25) is 9.69 Å². The third-order valence-electron chi connectivity index (χ3n) is 2.84. The minimum atomic E-state index is -0.889. The lowest BCUT2D eigenvalue weighted by Gasteiger charge is -2.20. The summed E-state index contributed by atoms with van der Waals surface area (Å²) in [6.45, 7) is 6.20. The highest BCUT2D eigenvalue weighted by Crippen LogP contribution is 2.32. The standard InChI is InChI=1S/C12H16N2O2S/c1-8(2)7-14-10(15)12(3,13-11(14)16)9-5-4-6-17-9/h4-6,8H,7H2,1-3H3,(H,13,16)/t12-/m1/s1. The SMILES string of the molecule is CC(C)CN1C(=O)N[C@](C)(c2cccs2)C1=O. The molecule has 0 saturated carbocycles. The molecule has 0 spiro atoms. The van der Waals surface area contributed by atoms with E-state index in [0.717, 1.165) is 4.88 Å². The Bertz CT molecular complexity index is 441. The molecule has 5 heteroatoms. The Kier molecular flexibility index (Phi) is 2.95. The van der Waals surface area contributed by atoms with Crippen molar-refractivity contribution >= 4 is 23.3 Å². The van der Waals surface area contributed by atoms with Gasteiger partial charge in [-0.05, 0) is 24.3 Å². The van der Waals surface area contributed by atoms with Gasteiger partial charge < -0.3 is 5.32 Å². The van der Waals surface area contributed by atoms with Crippen LogP contribution in [0.3, 0.4) is 0 Å². The average Bonchev–Trinajstić information content (AvgIpc) is 2.83. The molecule has 1 fully saturated rings. The van der Waals surface area contributed by atoms with Crippen LogP contribution in [0.5, 0.6) is 0 Å². The zero-order valence-electron chi connectivity index (χ0n) is 10.2. The second-order valence-electron chi connectivity index (χ2n) is 4.84. The predicted octanol–water partition coefficient (Wildman–Crippen LogP) is 2.17. The second-order valence-corrected chi connectivity index (χ2v) is 5.79. The van der Waals surface area contributed by atoms with E-state index in [2.05, 4.69) is 5.32 Å². The van der Waals surface area contributed by atoms with Gasteiger partial charge >= 0.3 is 6.03 Å². The number of thiophene rings is 1. The highest BCUT2D eigenvalue weighted by atomic mass is 32.1. The van der Waals surface area contributed by atoms with Gasteiger partial charge in [0.05, 0.1) is 0 Å². The second kappa shape index (κ2) is 4.14. The molecule has 1 atom stereocenters. The van der Waals surface area contributed by atoms with Crippen LogP contribution in [0.15, 0.2) is 17.5 Å². The molecule has 1 N–H and O–H groups in total. The molecule has 1 aliphatic rings. The predicted molar refractivity (Wildman–Crippen MR) is 66.8 cm³/mol. The van der Waals surface area contributed by atoms with Crippen molar-refractivity contribution in [3.05, 3.63) is 22.4 Å². The first-order valence-corrected chi connectivity index (χ1v) is 6.51. The Balaban J connectivity index is 2.29. The van der Waals surface area contributed by atoms with Gasteiger partial charge in [0, 0.05) is 11.4 Å². The molecule has 2 heterocycles. The topological polar surface area (TPSA) is 49.4 Å². The molecule has 2 rings (SSSR count). The number of hydrogen-bond acceptors (Lipinski definition) is 3. The van der Waals surface area contributed by atoms with Gasteiger partial charge in [-0.15, -0.1) is 11.3 Å². The van der Waals surface area contributed by atoms with Crippen LogP contribution in [0.25, 0.3) is 0 Å². The molecule has 0 aromatic carbocycles. The number of imide groups is 1. The summed E-state index contributed by atoms with van der Waals surface area (Å²) >= 11 is 1.48. The molecule has 0 bridgehead atoms. The van der Waals surface area contributed by atoms with E-state index < -0.39 is 5.54 Å². The van der Waals surface area contributed by atoms with Crippen molar-refractivity contribution in [1.29, 1.82) is 0 Å². The molecular weight excluding hydrogens is 236 g/mol. The van der Waals surface area contributed by atoms with Crippen LogP contribution in [0.4, 0.5) is 4.79 Å². The normalized spacial score (nSPS) is 24.6. The molecule has 1 aliphatic heterocycles. The molecule has 1 aromatic rings. The van der Waals surface area contributed by atoms with Crippen molar-refractivity contribution in [2.45, 2.75) is 26.3 Å². The molecule has 0 radical (unpaired) electrons. The van der Waals surface area contributed by atoms with Crippen molar-refractivity contribution in [2.24, 2.45) is 5.92 Å². The number of nitrogens with one attached hydrogen (secondary N) is 1. The van der Waals surface area contributed by atoms with Crippen LogP contribution in [0.2, 0.25) is 0 Å². The molecule has 17 heavy (non-hydrogen) atoms. The smallest absolute Gasteiger partial charge is 0.319 e. The quantitative estimate of drug-likeness (QED) is 0.838. The Morgan fingerprint density at radius 3 is 2.71 bits per heavy atom. The van der Waals surface area contributed by atoms with Gasteiger partial charge in [-0.1, -0.05) is 19.9 Å². The van der Waals surface area contributed by atoms with Gasteiger partial charge in [-0.25, -0.2) is 4.79 Å². The van der Waals surface area contributed by atoms with E-state index in [4.69, 9.17) is 0 Å². The number of hydrogen-bond donors (Lipinski definition) is 1. The molecule has 92 valence electrons. The Labute approximate surface area is 105 Å². The van der Waals surface area contributed by atoms with Gasteiger partial charge in [-0.2, -0.15) is 0 Å². The van der Waals surface area contributed by atoms with Crippen molar-refractivity contribution in [2.75, 3.05) is 6.54 Å². The summed E-state index contributed by atoms with van der Waals surface area (Å²) < 4.78 is 0. The maximum Gasteiger partial charge on any atom is 0.325 e. The lowest BCUT2D eigenvalue weighted by atomic mass is 10.0. The molecule has 1 aromatic heterocycles. The molecule has 1 saturated heterocycles. The fourth-order valence-corrected chi connectivity index (χ4v) is 2.79. The summed E-state index contributed by atoms with van der Waals surface area (Å²) in [5, 5.41) is 4.69. The zero-order chi connectivity index (χ0) is 12.6. The van der Waals surface area contributed by atoms with E-state index >= 15 is 0 Å². The Morgan fingerprint density at radius 1 is 1.47 bits per heavy atom. The summed E-state index contributed by atoms with van der Waals surface area (Å²) in [6.07, 6.45) is 0. The monoisotopic (exact) mass is 252 g/mol. The lowest BCUT2D eigenvalue weighted by Crippen LogP contribution is -2.40. The largest absolute Gasteiger partial charge is 0.325 e. The van der Waals surface area contributed by atoms with Gasteiger partial charge in [0.25, 0.3) is 5.91 Å². The molecule has 0 unspecified atom stereocenters. The maximum atomic E-state index is 12.3. The van der Waals surface area contributed by atoms with Crippen molar-refractivity contribution in [3.8, 4) is 0 Å². The average molecular weight is 252 g/mol. The van der Waals surface area contributed by atoms with Crippen molar-refractivity contribution in [3.63, 3.8) is 0 Å². The minimum Gasteiger partial charge on any atom is -0.319 e. The first kappa shape index (κ1) is 12.1. The third kappa shape index (κ3) is 1.95. The van der Waals surface area contributed by atoms with E-state index in [0.29, 0.717) is 6.54 Å². The summed E-state index contributed by atoms with van der Waals surface area (Å²) in [4.78, 5) is 26.3. The van der Waals surface area contributed by atoms with E-state index in [1.54, 1.807) is 6.92 Å². The minimum absolute atomic E-state index is 0.154. The fraction of sp³-hybridized carbons (Fsp3) is 0.500. The van der Waals surface area contributed by atoms with Crippen LogP contribution in [-0.2, 0) is 10.3 Å². The number of amides is 3. The first-order chi connectivity index (χ1) is 7.95. The molecule has 3 amide bonds. The van der Waals surface area contributed by atoms with E-state index in [-0.39, 0.29) is 17.9 Å². The number of rotatable bonds is 3. The summed E-state index contributed by atoms with van der Waals surface area (Å²) in [6, 6.07) is 3.47. The summed E-state index contributed by atoms with van der Waals surface area (Å²) in [5.74, 6) is 0.119. The fourth-order valence-electron chi connectivity index (χ4n) is 1.96. The van der Waals surface area contributed by atoms with Crippen LogP contribution < -0.4 is 5.32 Å². The first-order valence-electron chi connectivity index (χ1n) is 5.63. The van der Waals surface area contributed by atoms with Crippen molar-refractivity contribution in [1.82, 2.24) is 10.2 Å². The molecule has 0 aliphatic carbocycles. The van der Waals surface area contributed by atoms with E-state index in [9.17, 15) is 9.59 Å². The van der Waals surface area contributed by atoms with Gasteiger partial charge in [0.1, 0.15) is 0 Å². The molecule has 4 nitrogen and oxygen atoms in total. The number of nitrogens with zero attached hydrogens (tertiary/aromatic N) is 1. The number of carbonyl (C=O) groups excluding carboxylic acids is 2. The van der Waals surface area contributed by atoms with E-state index in [1.165, 1.54) is 16.2 Å². The highest BCUT2D eigenvalue weighted by Gasteiger charge is 2.49. The van der Waals surface area contributed by atoms with Gasteiger partial charge in [0.15, 0.2) is 5.54 Å². The van der Waals surface area contributed by atoms with Crippen LogP contribution in [-0.4, -0.2) is 23.4 Å². The number of carbonyl (C=O) groups is 2. The van der Waals surface area contributed by atoms with Crippen LogP contribution >= 0.6 is 11.3 Å². The summed E-state index contributed by atoms with van der Waals surface area (Å²) in [7, 11) is 0. The van der Waals surface area contributed by atoms with Crippen LogP contribution in [0, 0.1) is 5.92 Å². The highest BCUT2D eigenvalue weighted by molar-refractivity contribution is 7.10. The lowest BCUT2D eigenvalue weighted by molar-refractivity contribution is -0.131. The molecular formula is C12H16N2O2S. The number of urea groups is 1.